The van der Waals surface area contributed by atoms with Gasteiger partial charge in [0.25, 0.3) is 0 Å². The Morgan fingerprint density at radius 2 is 1.89 bits per heavy atom. The number of hydrogen-bond acceptors (Lipinski definition) is 4. The van der Waals surface area contributed by atoms with E-state index in [4.69, 9.17) is 14.2 Å². The lowest BCUT2D eigenvalue weighted by Gasteiger charge is -2.05. The van der Waals surface area contributed by atoms with Crippen molar-refractivity contribution in [2.24, 2.45) is 0 Å². The van der Waals surface area contributed by atoms with Gasteiger partial charge in [0.15, 0.2) is 0 Å². The Morgan fingerprint density at radius 3 is 2.50 bits per heavy atom. The summed E-state index contributed by atoms with van der Waals surface area (Å²) in [4.78, 5) is 11.4. The van der Waals surface area contributed by atoms with Crippen LogP contribution >= 0.6 is 0 Å². The molecule has 1 aromatic carbocycles. The summed E-state index contributed by atoms with van der Waals surface area (Å²) in [5.41, 5.74) is 1.09. The van der Waals surface area contributed by atoms with Crippen molar-refractivity contribution in [3.05, 3.63) is 29.8 Å². The smallest absolute Gasteiger partial charge is 0.306 e. The second-order valence-electron chi connectivity index (χ2n) is 3.77. The molecule has 0 fully saturated rings. The lowest BCUT2D eigenvalue weighted by atomic mass is 10.1. The van der Waals surface area contributed by atoms with E-state index in [2.05, 4.69) is 0 Å². The number of benzene rings is 1. The molecule has 0 aliphatic rings. The highest BCUT2D eigenvalue weighted by atomic mass is 16.6. The molecule has 0 aromatic heterocycles. The highest BCUT2D eigenvalue weighted by Crippen LogP contribution is 2.12. The topological polar surface area (TPSA) is 44.8 Å². The van der Waals surface area contributed by atoms with Crippen LogP contribution in [-0.2, 0) is 20.7 Å². The molecule has 0 amide bonds. The zero-order valence-corrected chi connectivity index (χ0v) is 11.0. The van der Waals surface area contributed by atoms with Gasteiger partial charge in [-0.05, 0) is 31.0 Å². The Bertz CT molecular complexity index is 345. The average molecular weight is 252 g/mol. The minimum Gasteiger partial charge on any atom is -0.497 e. The van der Waals surface area contributed by atoms with E-state index in [1.165, 1.54) is 0 Å². The van der Waals surface area contributed by atoms with Gasteiger partial charge >= 0.3 is 5.97 Å². The molecular weight excluding hydrogens is 232 g/mol. The van der Waals surface area contributed by atoms with Gasteiger partial charge in [0, 0.05) is 13.0 Å². The van der Waals surface area contributed by atoms with Crippen LogP contribution in [0.25, 0.3) is 0 Å². The number of hydrogen-bond donors (Lipinski definition) is 0. The number of esters is 1. The van der Waals surface area contributed by atoms with Gasteiger partial charge in [-0.25, -0.2) is 0 Å². The van der Waals surface area contributed by atoms with Crippen molar-refractivity contribution >= 4 is 5.97 Å². The molecule has 0 radical (unpaired) electrons. The van der Waals surface area contributed by atoms with Crippen LogP contribution in [0.5, 0.6) is 5.75 Å². The molecule has 0 heterocycles. The van der Waals surface area contributed by atoms with Crippen molar-refractivity contribution in [1.82, 2.24) is 0 Å². The third-order valence-electron chi connectivity index (χ3n) is 2.47. The van der Waals surface area contributed by atoms with Crippen molar-refractivity contribution in [2.45, 2.75) is 19.8 Å². The number of rotatable bonds is 8. The molecule has 0 aliphatic carbocycles. The molecule has 0 spiro atoms. The van der Waals surface area contributed by atoms with Gasteiger partial charge in [-0.2, -0.15) is 0 Å². The minimum absolute atomic E-state index is 0.189. The quantitative estimate of drug-likeness (QED) is 0.525. The predicted octanol–water partition coefficient (Wildman–Crippen LogP) is 2.21. The summed E-state index contributed by atoms with van der Waals surface area (Å²) in [5, 5.41) is 0. The highest BCUT2D eigenvalue weighted by Gasteiger charge is 2.03. The van der Waals surface area contributed by atoms with Crippen LogP contribution in [-0.4, -0.2) is 32.9 Å². The Labute approximate surface area is 108 Å². The maximum atomic E-state index is 11.4. The molecule has 0 atom stereocenters. The summed E-state index contributed by atoms with van der Waals surface area (Å²) in [6.45, 7) is 3.34. The third-order valence-corrected chi connectivity index (χ3v) is 2.47. The Kier molecular flexibility index (Phi) is 6.87. The second kappa shape index (κ2) is 8.53. The standard InChI is InChI=1S/C14H20O4/c1-3-17-10-11-18-14(15)9-6-12-4-7-13(16-2)8-5-12/h4-5,7-8H,3,6,9-11H2,1-2H3. The molecule has 4 nitrogen and oxygen atoms in total. The maximum absolute atomic E-state index is 11.4. The van der Waals surface area contributed by atoms with E-state index in [1.807, 2.05) is 31.2 Å². The van der Waals surface area contributed by atoms with Crippen molar-refractivity contribution in [2.75, 3.05) is 26.9 Å². The zero-order valence-electron chi connectivity index (χ0n) is 11.0. The van der Waals surface area contributed by atoms with E-state index in [0.717, 1.165) is 11.3 Å². The molecule has 1 rings (SSSR count). The van der Waals surface area contributed by atoms with Crippen molar-refractivity contribution < 1.29 is 19.0 Å². The van der Waals surface area contributed by atoms with Crippen LogP contribution in [0.2, 0.25) is 0 Å². The largest absolute Gasteiger partial charge is 0.497 e. The first-order valence-corrected chi connectivity index (χ1v) is 6.12. The van der Waals surface area contributed by atoms with Crippen LogP contribution in [0.15, 0.2) is 24.3 Å². The van der Waals surface area contributed by atoms with E-state index >= 15 is 0 Å². The van der Waals surface area contributed by atoms with Gasteiger partial charge in [-0.3, -0.25) is 4.79 Å². The van der Waals surface area contributed by atoms with Crippen molar-refractivity contribution in [1.29, 1.82) is 0 Å². The summed E-state index contributed by atoms with van der Waals surface area (Å²) < 4.78 is 15.2. The number of ether oxygens (including phenoxy) is 3. The lowest BCUT2D eigenvalue weighted by Crippen LogP contribution is -2.11. The first-order valence-electron chi connectivity index (χ1n) is 6.12. The molecule has 18 heavy (non-hydrogen) atoms. The number of methoxy groups -OCH3 is 1. The minimum atomic E-state index is -0.189. The van der Waals surface area contributed by atoms with E-state index in [-0.39, 0.29) is 5.97 Å². The van der Waals surface area contributed by atoms with Crippen LogP contribution in [0, 0.1) is 0 Å². The predicted molar refractivity (Wildman–Crippen MR) is 68.8 cm³/mol. The molecule has 4 heteroatoms. The van der Waals surface area contributed by atoms with Gasteiger partial charge < -0.3 is 14.2 Å². The van der Waals surface area contributed by atoms with Gasteiger partial charge in [0.2, 0.25) is 0 Å². The SMILES string of the molecule is CCOCCOC(=O)CCc1ccc(OC)cc1. The molecule has 0 N–H and O–H groups in total. The van der Waals surface area contributed by atoms with E-state index in [9.17, 15) is 4.79 Å². The average Bonchev–Trinajstić information content (AvgIpc) is 2.42. The fourth-order valence-corrected chi connectivity index (χ4v) is 1.47. The summed E-state index contributed by atoms with van der Waals surface area (Å²) >= 11 is 0. The van der Waals surface area contributed by atoms with Gasteiger partial charge in [0.05, 0.1) is 13.7 Å². The van der Waals surface area contributed by atoms with Crippen molar-refractivity contribution in [3.63, 3.8) is 0 Å². The summed E-state index contributed by atoms with van der Waals surface area (Å²) in [6.07, 6.45) is 1.07. The van der Waals surface area contributed by atoms with Crippen LogP contribution in [0.4, 0.5) is 0 Å². The van der Waals surface area contributed by atoms with E-state index < -0.39 is 0 Å². The van der Waals surface area contributed by atoms with Gasteiger partial charge in [0.1, 0.15) is 12.4 Å². The first kappa shape index (κ1) is 14.5. The van der Waals surface area contributed by atoms with E-state index in [1.54, 1.807) is 7.11 Å². The van der Waals surface area contributed by atoms with Crippen molar-refractivity contribution in [3.8, 4) is 5.75 Å². The van der Waals surface area contributed by atoms with E-state index in [0.29, 0.717) is 32.7 Å². The van der Waals surface area contributed by atoms with Gasteiger partial charge in [-0.1, -0.05) is 12.1 Å². The molecule has 0 saturated carbocycles. The number of aryl methyl sites for hydroxylation is 1. The molecule has 1 aromatic rings. The molecular formula is C14H20O4. The fourth-order valence-electron chi connectivity index (χ4n) is 1.47. The maximum Gasteiger partial charge on any atom is 0.306 e. The van der Waals surface area contributed by atoms with Gasteiger partial charge in [-0.15, -0.1) is 0 Å². The molecule has 0 aliphatic heterocycles. The third kappa shape index (κ3) is 5.68. The normalized spacial score (nSPS) is 10.1. The Balaban J connectivity index is 2.20. The summed E-state index contributed by atoms with van der Waals surface area (Å²) in [5.74, 6) is 0.628. The van der Waals surface area contributed by atoms with Crippen LogP contribution in [0.3, 0.4) is 0 Å². The monoisotopic (exact) mass is 252 g/mol. The lowest BCUT2D eigenvalue weighted by molar-refractivity contribution is -0.145. The highest BCUT2D eigenvalue weighted by molar-refractivity contribution is 5.69. The molecule has 0 saturated heterocycles. The number of carbonyl (C=O) groups is 1. The molecule has 0 bridgehead atoms. The summed E-state index contributed by atoms with van der Waals surface area (Å²) in [7, 11) is 1.63. The zero-order chi connectivity index (χ0) is 13.2. The number of carbonyl (C=O) groups excluding carboxylic acids is 1. The Hall–Kier alpha value is -1.55. The second-order valence-corrected chi connectivity index (χ2v) is 3.77. The Morgan fingerprint density at radius 1 is 1.17 bits per heavy atom. The van der Waals surface area contributed by atoms with Crippen LogP contribution < -0.4 is 4.74 Å². The molecule has 100 valence electrons. The first-order chi connectivity index (χ1) is 8.76. The summed E-state index contributed by atoms with van der Waals surface area (Å²) in [6, 6.07) is 7.67. The van der Waals surface area contributed by atoms with Crippen LogP contribution in [0.1, 0.15) is 18.9 Å². The molecule has 0 unspecified atom stereocenters. The fraction of sp³-hybridized carbons (Fsp3) is 0.500.